The number of rotatable bonds is 5. The summed E-state index contributed by atoms with van der Waals surface area (Å²) in [5.74, 6) is -0.166. The van der Waals surface area contributed by atoms with Crippen molar-refractivity contribution < 1.29 is 9.53 Å². The fourth-order valence-electron chi connectivity index (χ4n) is 0.931. The quantitative estimate of drug-likeness (QED) is 0.607. The summed E-state index contributed by atoms with van der Waals surface area (Å²) >= 11 is 0. The van der Waals surface area contributed by atoms with Gasteiger partial charge in [-0.05, 0) is 13.5 Å². The van der Waals surface area contributed by atoms with E-state index in [9.17, 15) is 4.79 Å². The lowest BCUT2D eigenvalue weighted by Crippen LogP contribution is -2.34. The summed E-state index contributed by atoms with van der Waals surface area (Å²) in [6, 6.07) is -0.125. The molecule has 0 saturated heterocycles. The summed E-state index contributed by atoms with van der Waals surface area (Å²) in [5.41, 5.74) is 0. The molecule has 0 rings (SSSR count). The number of likely N-dealkylation sites (N-methyl/N-ethyl adjacent to an activating group) is 1. The van der Waals surface area contributed by atoms with Crippen molar-refractivity contribution in [3.63, 3.8) is 0 Å². The van der Waals surface area contributed by atoms with Crippen molar-refractivity contribution in [2.45, 2.75) is 32.2 Å². The lowest BCUT2D eigenvalue weighted by molar-refractivity contribution is -0.143. The second kappa shape index (κ2) is 6.16. The molecule has 66 valence electrons. The molecule has 11 heavy (non-hydrogen) atoms. The van der Waals surface area contributed by atoms with E-state index in [0.717, 1.165) is 19.3 Å². The maximum absolute atomic E-state index is 11.0. The molecule has 0 heterocycles. The van der Waals surface area contributed by atoms with E-state index in [1.807, 2.05) is 0 Å². The molecular weight excluding hydrogens is 142 g/mol. The normalized spacial score (nSPS) is 12.6. The Labute approximate surface area is 68.1 Å². The highest BCUT2D eigenvalue weighted by Crippen LogP contribution is 2.01. The number of carbonyl (C=O) groups is 1. The first-order valence-electron chi connectivity index (χ1n) is 4.01. The monoisotopic (exact) mass is 159 g/mol. The molecule has 0 aromatic carbocycles. The van der Waals surface area contributed by atoms with E-state index in [1.165, 1.54) is 7.11 Å². The van der Waals surface area contributed by atoms with Gasteiger partial charge in [-0.15, -0.1) is 0 Å². The lowest BCUT2D eigenvalue weighted by atomic mass is 10.1. The topological polar surface area (TPSA) is 38.3 Å². The van der Waals surface area contributed by atoms with Crippen LogP contribution in [0.15, 0.2) is 0 Å². The molecule has 1 atom stereocenters. The number of methoxy groups -OCH3 is 1. The van der Waals surface area contributed by atoms with Crippen molar-refractivity contribution in [2.24, 2.45) is 0 Å². The van der Waals surface area contributed by atoms with Crippen molar-refractivity contribution in [3.05, 3.63) is 0 Å². The highest BCUT2D eigenvalue weighted by atomic mass is 16.5. The molecule has 0 aliphatic rings. The smallest absolute Gasteiger partial charge is 0.322 e. The molecule has 3 nitrogen and oxygen atoms in total. The van der Waals surface area contributed by atoms with Gasteiger partial charge in [0.2, 0.25) is 0 Å². The Bertz CT molecular complexity index is 115. The Balaban J connectivity index is 3.65. The third-order valence-corrected chi connectivity index (χ3v) is 1.68. The molecule has 0 radical (unpaired) electrons. The van der Waals surface area contributed by atoms with Gasteiger partial charge in [-0.3, -0.25) is 4.79 Å². The molecule has 0 aromatic heterocycles. The lowest BCUT2D eigenvalue weighted by Gasteiger charge is -2.11. The van der Waals surface area contributed by atoms with Crippen LogP contribution in [0, 0.1) is 0 Å². The predicted molar refractivity (Wildman–Crippen MR) is 44.4 cm³/mol. The molecule has 0 fully saturated rings. The highest BCUT2D eigenvalue weighted by Gasteiger charge is 2.14. The summed E-state index contributed by atoms with van der Waals surface area (Å²) in [7, 11) is 3.19. The van der Waals surface area contributed by atoms with E-state index in [2.05, 4.69) is 17.0 Å². The fourth-order valence-corrected chi connectivity index (χ4v) is 0.931. The zero-order valence-electron chi connectivity index (χ0n) is 7.52. The van der Waals surface area contributed by atoms with E-state index in [4.69, 9.17) is 0 Å². The molecule has 0 aromatic rings. The maximum Gasteiger partial charge on any atom is 0.322 e. The minimum absolute atomic E-state index is 0.125. The maximum atomic E-state index is 11.0. The Hall–Kier alpha value is -0.570. The first-order chi connectivity index (χ1) is 5.26. The fraction of sp³-hybridized carbons (Fsp3) is 0.875. The highest BCUT2D eigenvalue weighted by molar-refractivity contribution is 5.75. The van der Waals surface area contributed by atoms with Crippen LogP contribution < -0.4 is 5.32 Å². The molecule has 0 aliphatic carbocycles. The average Bonchev–Trinajstić information content (AvgIpc) is 2.05. The van der Waals surface area contributed by atoms with Crippen molar-refractivity contribution in [1.82, 2.24) is 5.32 Å². The summed E-state index contributed by atoms with van der Waals surface area (Å²) < 4.78 is 4.60. The number of ether oxygens (including phenoxy) is 1. The Morgan fingerprint density at radius 3 is 2.64 bits per heavy atom. The van der Waals surface area contributed by atoms with Crippen molar-refractivity contribution in [2.75, 3.05) is 14.2 Å². The van der Waals surface area contributed by atoms with Gasteiger partial charge in [-0.2, -0.15) is 0 Å². The van der Waals surface area contributed by atoms with Gasteiger partial charge in [0.1, 0.15) is 6.04 Å². The van der Waals surface area contributed by atoms with Crippen LogP contribution in [0.2, 0.25) is 0 Å². The third kappa shape index (κ3) is 3.98. The van der Waals surface area contributed by atoms with Crippen LogP contribution in [0.1, 0.15) is 26.2 Å². The number of hydrogen-bond acceptors (Lipinski definition) is 3. The Morgan fingerprint density at radius 1 is 1.64 bits per heavy atom. The Morgan fingerprint density at radius 2 is 2.27 bits per heavy atom. The summed E-state index contributed by atoms with van der Waals surface area (Å²) in [4.78, 5) is 11.0. The van der Waals surface area contributed by atoms with Gasteiger partial charge in [0.05, 0.1) is 7.11 Å². The summed E-state index contributed by atoms with van der Waals surface area (Å²) in [6.45, 7) is 2.10. The van der Waals surface area contributed by atoms with Crippen LogP contribution in [-0.2, 0) is 9.53 Å². The first kappa shape index (κ1) is 10.4. The molecule has 0 aliphatic heterocycles. The molecule has 1 unspecified atom stereocenters. The standard InChI is InChI=1S/C8H17NO2/c1-4-5-6-7(9-2)8(10)11-3/h7,9H,4-6H2,1-3H3. The minimum atomic E-state index is -0.166. The Kier molecular flexibility index (Phi) is 5.84. The third-order valence-electron chi connectivity index (χ3n) is 1.68. The van der Waals surface area contributed by atoms with Gasteiger partial charge in [-0.25, -0.2) is 0 Å². The van der Waals surface area contributed by atoms with Crippen molar-refractivity contribution in [1.29, 1.82) is 0 Å². The SMILES string of the molecule is CCCCC(NC)C(=O)OC. The number of hydrogen-bond donors (Lipinski definition) is 1. The van der Waals surface area contributed by atoms with Gasteiger partial charge in [0, 0.05) is 0 Å². The predicted octanol–water partition coefficient (Wildman–Crippen LogP) is 0.938. The largest absolute Gasteiger partial charge is 0.468 e. The van der Waals surface area contributed by atoms with Crippen molar-refractivity contribution in [3.8, 4) is 0 Å². The molecule has 3 heteroatoms. The molecular formula is C8H17NO2. The van der Waals surface area contributed by atoms with E-state index in [-0.39, 0.29) is 12.0 Å². The van der Waals surface area contributed by atoms with E-state index in [0.29, 0.717) is 0 Å². The van der Waals surface area contributed by atoms with Gasteiger partial charge < -0.3 is 10.1 Å². The summed E-state index contributed by atoms with van der Waals surface area (Å²) in [5, 5.41) is 2.91. The van der Waals surface area contributed by atoms with E-state index < -0.39 is 0 Å². The number of nitrogens with one attached hydrogen (secondary N) is 1. The van der Waals surface area contributed by atoms with E-state index in [1.54, 1.807) is 7.05 Å². The van der Waals surface area contributed by atoms with Crippen LogP contribution in [0.3, 0.4) is 0 Å². The van der Waals surface area contributed by atoms with Crippen LogP contribution in [0.25, 0.3) is 0 Å². The molecule has 0 amide bonds. The van der Waals surface area contributed by atoms with Crippen LogP contribution in [0.4, 0.5) is 0 Å². The van der Waals surface area contributed by atoms with Crippen molar-refractivity contribution >= 4 is 5.97 Å². The van der Waals surface area contributed by atoms with Gasteiger partial charge in [-0.1, -0.05) is 19.8 Å². The minimum Gasteiger partial charge on any atom is -0.468 e. The molecule has 0 bridgehead atoms. The molecule has 0 saturated carbocycles. The van der Waals surface area contributed by atoms with Crippen LogP contribution in [0.5, 0.6) is 0 Å². The number of carbonyl (C=O) groups excluding carboxylic acids is 1. The van der Waals surface area contributed by atoms with Crippen LogP contribution in [-0.4, -0.2) is 26.2 Å². The zero-order valence-corrected chi connectivity index (χ0v) is 7.52. The summed E-state index contributed by atoms with van der Waals surface area (Å²) in [6.07, 6.45) is 3.02. The molecule has 0 spiro atoms. The number of unbranched alkanes of at least 4 members (excludes halogenated alkanes) is 1. The second-order valence-corrected chi connectivity index (χ2v) is 2.51. The van der Waals surface area contributed by atoms with Gasteiger partial charge in [0.25, 0.3) is 0 Å². The zero-order chi connectivity index (χ0) is 8.69. The number of esters is 1. The first-order valence-corrected chi connectivity index (χ1v) is 4.01. The van der Waals surface area contributed by atoms with Gasteiger partial charge >= 0.3 is 5.97 Å². The van der Waals surface area contributed by atoms with Crippen LogP contribution >= 0.6 is 0 Å². The van der Waals surface area contributed by atoms with E-state index >= 15 is 0 Å². The average molecular weight is 159 g/mol. The second-order valence-electron chi connectivity index (χ2n) is 2.51. The van der Waals surface area contributed by atoms with Gasteiger partial charge in [0.15, 0.2) is 0 Å². The molecule has 1 N–H and O–H groups in total.